The lowest BCUT2D eigenvalue weighted by molar-refractivity contribution is 0.276. The molecule has 0 bridgehead atoms. The molecule has 0 aliphatic heterocycles. The quantitative estimate of drug-likeness (QED) is 0.594. The zero-order valence-corrected chi connectivity index (χ0v) is 15.4. The van der Waals surface area contributed by atoms with Gasteiger partial charge in [-0.2, -0.15) is 5.10 Å². The molecule has 0 radical (unpaired) electrons. The van der Waals surface area contributed by atoms with Crippen LogP contribution < -0.4 is 0 Å². The fourth-order valence-corrected chi connectivity index (χ4v) is 3.03. The van der Waals surface area contributed by atoms with Crippen LogP contribution in [0.3, 0.4) is 0 Å². The lowest BCUT2D eigenvalue weighted by Gasteiger charge is -2.05. The third kappa shape index (κ3) is 3.52. The highest BCUT2D eigenvalue weighted by molar-refractivity contribution is 5.63. The normalized spacial score (nSPS) is 11.1. The number of hydrogen-bond acceptors (Lipinski definition) is 4. The van der Waals surface area contributed by atoms with Gasteiger partial charge in [-0.1, -0.05) is 41.6 Å². The first-order valence-corrected chi connectivity index (χ1v) is 8.85. The Labute approximate surface area is 157 Å². The Balaban J connectivity index is 1.78. The Kier molecular flexibility index (Phi) is 4.56. The van der Waals surface area contributed by atoms with E-state index in [2.05, 4.69) is 54.5 Å². The molecule has 2 heterocycles. The fraction of sp³-hybridized carbons (Fsp3) is 0.190. The summed E-state index contributed by atoms with van der Waals surface area (Å²) in [4.78, 5) is 0. The summed E-state index contributed by atoms with van der Waals surface area (Å²) in [5.41, 5.74) is 7.07. The molecule has 27 heavy (non-hydrogen) atoms. The lowest BCUT2D eigenvalue weighted by atomic mass is 10.1. The van der Waals surface area contributed by atoms with E-state index in [-0.39, 0.29) is 6.61 Å². The minimum absolute atomic E-state index is 0.118. The predicted molar refractivity (Wildman–Crippen MR) is 104 cm³/mol. The van der Waals surface area contributed by atoms with E-state index < -0.39 is 0 Å². The molecule has 0 atom stereocenters. The van der Waals surface area contributed by atoms with Gasteiger partial charge in [-0.3, -0.25) is 0 Å². The Morgan fingerprint density at radius 3 is 2.48 bits per heavy atom. The number of rotatable bonds is 5. The number of nitrogens with zero attached hydrogens (tertiary/aromatic N) is 5. The molecule has 0 saturated carbocycles. The lowest BCUT2D eigenvalue weighted by Crippen LogP contribution is -2.01. The molecule has 0 spiro atoms. The van der Waals surface area contributed by atoms with E-state index in [9.17, 15) is 5.11 Å². The standard InChI is InChI=1S/C21H21N5O/c1-15-8-9-20(10-16(15)2)26-12-18(11-25-13-19(14-27)22-24-25)21(23-26)17-6-4-3-5-7-17/h3-10,12-13,27H,11,14H2,1-2H3. The van der Waals surface area contributed by atoms with Crippen molar-refractivity contribution in [2.45, 2.75) is 27.0 Å². The van der Waals surface area contributed by atoms with Gasteiger partial charge in [-0.25, -0.2) is 9.36 Å². The second-order valence-corrected chi connectivity index (χ2v) is 6.65. The van der Waals surface area contributed by atoms with Gasteiger partial charge in [-0.05, 0) is 37.1 Å². The highest BCUT2D eigenvalue weighted by Gasteiger charge is 2.14. The van der Waals surface area contributed by atoms with Crippen LogP contribution in [0.4, 0.5) is 0 Å². The Bertz CT molecular complexity index is 1070. The van der Waals surface area contributed by atoms with Crippen LogP contribution in [-0.4, -0.2) is 29.9 Å². The van der Waals surface area contributed by atoms with E-state index in [4.69, 9.17) is 5.10 Å². The zero-order valence-electron chi connectivity index (χ0n) is 15.4. The molecule has 136 valence electrons. The third-order valence-corrected chi connectivity index (χ3v) is 4.67. The maximum Gasteiger partial charge on any atom is 0.108 e. The zero-order chi connectivity index (χ0) is 18.8. The SMILES string of the molecule is Cc1ccc(-n2cc(Cn3cc(CO)nn3)c(-c3ccccc3)n2)cc1C. The number of aryl methyl sites for hydroxylation is 2. The van der Waals surface area contributed by atoms with Crippen molar-refractivity contribution >= 4 is 0 Å². The summed E-state index contributed by atoms with van der Waals surface area (Å²) in [5.74, 6) is 0. The summed E-state index contributed by atoms with van der Waals surface area (Å²) >= 11 is 0. The molecule has 2 aromatic heterocycles. The summed E-state index contributed by atoms with van der Waals surface area (Å²) in [6.07, 6.45) is 3.79. The summed E-state index contributed by atoms with van der Waals surface area (Å²) in [5, 5.41) is 22.1. The molecule has 0 unspecified atom stereocenters. The predicted octanol–water partition coefficient (Wildman–Crippen LogP) is 3.29. The molecular formula is C21H21N5O. The first kappa shape index (κ1) is 17.2. The van der Waals surface area contributed by atoms with Gasteiger partial charge in [0, 0.05) is 17.3 Å². The van der Waals surface area contributed by atoms with Crippen LogP contribution in [-0.2, 0) is 13.2 Å². The molecule has 0 fully saturated rings. The molecule has 0 aliphatic carbocycles. The molecule has 6 heteroatoms. The van der Waals surface area contributed by atoms with Crippen molar-refractivity contribution in [2.24, 2.45) is 0 Å². The molecule has 6 nitrogen and oxygen atoms in total. The van der Waals surface area contributed by atoms with Gasteiger partial charge in [-0.15, -0.1) is 5.10 Å². The first-order chi connectivity index (χ1) is 13.1. The Morgan fingerprint density at radius 1 is 0.963 bits per heavy atom. The summed E-state index contributed by atoms with van der Waals surface area (Å²) < 4.78 is 3.63. The topological polar surface area (TPSA) is 68.8 Å². The van der Waals surface area contributed by atoms with Gasteiger partial charge in [0.15, 0.2) is 0 Å². The van der Waals surface area contributed by atoms with E-state index in [0.29, 0.717) is 12.2 Å². The second kappa shape index (κ2) is 7.17. The average Bonchev–Trinajstić information content (AvgIpc) is 3.32. The first-order valence-electron chi connectivity index (χ1n) is 8.85. The van der Waals surface area contributed by atoms with Crippen LogP contribution in [0, 0.1) is 13.8 Å². The summed E-state index contributed by atoms with van der Waals surface area (Å²) in [6, 6.07) is 16.4. The number of benzene rings is 2. The maximum atomic E-state index is 9.22. The van der Waals surface area contributed by atoms with Crippen LogP contribution >= 0.6 is 0 Å². The van der Waals surface area contributed by atoms with Crippen molar-refractivity contribution in [3.8, 4) is 16.9 Å². The van der Waals surface area contributed by atoms with Crippen molar-refractivity contribution < 1.29 is 5.11 Å². The van der Waals surface area contributed by atoms with Crippen LogP contribution in [0.15, 0.2) is 60.9 Å². The molecule has 4 rings (SSSR count). The molecule has 0 saturated heterocycles. The molecule has 2 aromatic carbocycles. The van der Waals surface area contributed by atoms with Gasteiger partial charge < -0.3 is 5.11 Å². The number of aliphatic hydroxyl groups excluding tert-OH is 1. The minimum atomic E-state index is -0.118. The van der Waals surface area contributed by atoms with Crippen molar-refractivity contribution in [2.75, 3.05) is 0 Å². The minimum Gasteiger partial charge on any atom is -0.390 e. The van der Waals surface area contributed by atoms with E-state index in [1.54, 1.807) is 10.9 Å². The van der Waals surface area contributed by atoms with Crippen LogP contribution in [0.2, 0.25) is 0 Å². The van der Waals surface area contributed by atoms with Gasteiger partial charge >= 0.3 is 0 Å². The summed E-state index contributed by atoms with van der Waals surface area (Å²) in [6.45, 7) is 4.62. The Morgan fingerprint density at radius 2 is 1.78 bits per heavy atom. The third-order valence-electron chi connectivity index (χ3n) is 4.67. The maximum absolute atomic E-state index is 9.22. The van der Waals surface area contributed by atoms with E-state index in [1.165, 1.54) is 11.1 Å². The Hall–Kier alpha value is -3.25. The van der Waals surface area contributed by atoms with Crippen molar-refractivity contribution in [1.29, 1.82) is 0 Å². The van der Waals surface area contributed by atoms with Crippen LogP contribution in [0.25, 0.3) is 16.9 Å². The van der Waals surface area contributed by atoms with Crippen molar-refractivity contribution in [1.82, 2.24) is 24.8 Å². The van der Waals surface area contributed by atoms with Crippen molar-refractivity contribution in [3.63, 3.8) is 0 Å². The fourth-order valence-electron chi connectivity index (χ4n) is 3.03. The van der Waals surface area contributed by atoms with Gasteiger partial charge in [0.1, 0.15) is 5.69 Å². The van der Waals surface area contributed by atoms with Gasteiger partial charge in [0.05, 0.1) is 30.7 Å². The van der Waals surface area contributed by atoms with E-state index in [0.717, 1.165) is 22.5 Å². The smallest absolute Gasteiger partial charge is 0.108 e. The molecule has 4 aromatic rings. The number of hydrogen-bond donors (Lipinski definition) is 1. The van der Waals surface area contributed by atoms with Crippen molar-refractivity contribution in [3.05, 3.63) is 83.3 Å². The number of aromatic nitrogens is 5. The van der Waals surface area contributed by atoms with Gasteiger partial charge in [0.25, 0.3) is 0 Å². The van der Waals surface area contributed by atoms with E-state index in [1.807, 2.05) is 29.1 Å². The molecule has 0 aliphatic rings. The summed E-state index contributed by atoms with van der Waals surface area (Å²) in [7, 11) is 0. The number of aliphatic hydroxyl groups is 1. The van der Waals surface area contributed by atoms with E-state index >= 15 is 0 Å². The monoisotopic (exact) mass is 359 g/mol. The highest BCUT2D eigenvalue weighted by atomic mass is 16.3. The largest absolute Gasteiger partial charge is 0.390 e. The average molecular weight is 359 g/mol. The molecule has 0 amide bonds. The van der Waals surface area contributed by atoms with Crippen LogP contribution in [0.5, 0.6) is 0 Å². The molecule has 1 N–H and O–H groups in total. The highest BCUT2D eigenvalue weighted by Crippen LogP contribution is 2.25. The second-order valence-electron chi connectivity index (χ2n) is 6.65. The van der Waals surface area contributed by atoms with Crippen LogP contribution in [0.1, 0.15) is 22.4 Å². The molecular weight excluding hydrogens is 338 g/mol. The van der Waals surface area contributed by atoms with Gasteiger partial charge in [0.2, 0.25) is 0 Å².